The van der Waals surface area contributed by atoms with Gasteiger partial charge in [0.1, 0.15) is 9.84 Å². The van der Waals surface area contributed by atoms with Gasteiger partial charge in [-0.15, -0.1) is 0 Å². The van der Waals surface area contributed by atoms with Crippen molar-refractivity contribution in [2.24, 2.45) is 4.99 Å². The first-order valence-electron chi connectivity index (χ1n) is 7.74. The van der Waals surface area contributed by atoms with E-state index in [1.54, 1.807) is 0 Å². The minimum atomic E-state index is -2.96. The number of hydrogen-bond acceptors (Lipinski definition) is 4. The van der Waals surface area contributed by atoms with Crippen molar-refractivity contribution in [2.45, 2.75) is 20.4 Å². The predicted octanol–water partition coefficient (Wildman–Crippen LogP) is 1.11. The summed E-state index contributed by atoms with van der Waals surface area (Å²) >= 11 is 0. The molecule has 0 amide bonds. The molecule has 0 aliphatic heterocycles. The van der Waals surface area contributed by atoms with E-state index < -0.39 is 9.84 Å². The van der Waals surface area contributed by atoms with Crippen LogP contribution in [0.15, 0.2) is 29.3 Å². The van der Waals surface area contributed by atoms with Crippen LogP contribution in [0.5, 0.6) is 0 Å². The van der Waals surface area contributed by atoms with Crippen molar-refractivity contribution in [3.63, 3.8) is 0 Å². The molecule has 130 valence electrons. The molecule has 23 heavy (non-hydrogen) atoms. The quantitative estimate of drug-likeness (QED) is 0.400. The number of guanidine groups is 1. The van der Waals surface area contributed by atoms with E-state index in [2.05, 4.69) is 46.8 Å². The second-order valence-electron chi connectivity index (χ2n) is 5.35. The van der Waals surface area contributed by atoms with Gasteiger partial charge in [-0.05, 0) is 19.4 Å². The third-order valence-corrected chi connectivity index (χ3v) is 3.93. The molecule has 0 spiro atoms. The lowest BCUT2D eigenvalue weighted by atomic mass is 10.1. The SMILES string of the molecule is CCNC(=NCc1ccc(C)cc1)NCCOCCS(C)(=O)=O. The van der Waals surface area contributed by atoms with E-state index in [9.17, 15) is 8.42 Å². The van der Waals surface area contributed by atoms with Crippen LogP contribution >= 0.6 is 0 Å². The summed E-state index contributed by atoms with van der Waals surface area (Å²) in [6.45, 7) is 6.67. The Morgan fingerprint density at radius 3 is 2.48 bits per heavy atom. The van der Waals surface area contributed by atoms with Gasteiger partial charge in [-0.1, -0.05) is 29.8 Å². The smallest absolute Gasteiger partial charge is 0.191 e. The van der Waals surface area contributed by atoms with Crippen molar-refractivity contribution in [3.8, 4) is 0 Å². The number of rotatable bonds is 9. The van der Waals surface area contributed by atoms with Crippen LogP contribution in [0.4, 0.5) is 0 Å². The van der Waals surface area contributed by atoms with E-state index in [0.29, 0.717) is 19.7 Å². The lowest BCUT2D eigenvalue weighted by Crippen LogP contribution is -2.39. The number of hydrogen-bond donors (Lipinski definition) is 2. The average Bonchev–Trinajstić information content (AvgIpc) is 2.48. The van der Waals surface area contributed by atoms with Crippen LogP contribution in [0.1, 0.15) is 18.1 Å². The molecule has 0 fully saturated rings. The molecule has 0 aromatic heterocycles. The summed E-state index contributed by atoms with van der Waals surface area (Å²) in [6.07, 6.45) is 1.20. The Kier molecular flexibility index (Phi) is 8.65. The number of sulfone groups is 1. The molecule has 2 N–H and O–H groups in total. The Bertz CT molecular complexity index is 583. The van der Waals surface area contributed by atoms with Crippen LogP contribution in [-0.2, 0) is 21.1 Å². The topological polar surface area (TPSA) is 79.8 Å². The highest BCUT2D eigenvalue weighted by molar-refractivity contribution is 7.90. The largest absolute Gasteiger partial charge is 0.379 e. The van der Waals surface area contributed by atoms with Crippen molar-refractivity contribution >= 4 is 15.8 Å². The zero-order valence-electron chi connectivity index (χ0n) is 14.1. The van der Waals surface area contributed by atoms with E-state index in [-0.39, 0.29) is 12.4 Å². The standard InChI is InChI=1S/C16H27N3O3S/c1-4-17-16(18-9-10-22-11-12-23(3,20)21)19-13-15-7-5-14(2)6-8-15/h5-8H,4,9-13H2,1-3H3,(H2,17,18,19). The number of aliphatic imine (C=N–C) groups is 1. The molecule has 1 aromatic carbocycles. The van der Waals surface area contributed by atoms with Crippen molar-refractivity contribution in [1.82, 2.24) is 10.6 Å². The summed E-state index contributed by atoms with van der Waals surface area (Å²) in [6, 6.07) is 8.27. The molecule has 1 aromatic rings. The fraction of sp³-hybridized carbons (Fsp3) is 0.562. The van der Waals surface area contributed by atoms with E-state index in [4.69, 9.17) is 4.74 Å². The highest BCUT2D eigenvalue weighted by Gasteiger charge is 2.01. The fourth-order valence-corrected chi connectivity index (χ4v) is 2.18. The lowest BCUT2D eigenvalue weighted by molar-refractivity contribution is 0.154. The summed E-state index contributed by atoms with van der Waals surface area (Å²) < 4.78 is 27.2. The Balaban J connectivity index is 2.33. The fourth-order valence-electron chi connectivity index (χ4n) is 1.76. The van der Waals surface area contributed by atoms with Crippen LogP contribution in [0, 0.1) is 6.92 Å². The van der Waals surface area contributed by atoms with Crippen molar-refractivity contribution in [3.05, 3.63) is 35.4 Å². The van der Waals surface area contributed by atoms with Gasteiger partial charge in [0.15, 0.2) is 5.96 Å². The molecule has 6 nitrogen and oxygen atoms in total. The van der Waals surface area contributed by atoms with Gasteiger partial charge < -0.3 is 15.4 Å². The van der Waals surface area contributed by atoms with Crippen molar-refractivity contribution in [2.75, 3.05) is 38.3 Å². The second kappa shape index (κ2) is 10.2. The normalized spacial score (nSPS) is 12.2. The molecule has 7 heteroatoms. The van der Waals surface area contributed by atoms with Gasteiger partial charge in [0, 0.05) is 19.3 Å². The maximum absolute atomic E-state index is 11.0. The van der Waals surface area contributed by atoms with Crippen LogP contribution in [-0.4, -0.2) is 52.7 Å². The zero-order valence-corrected chi connectivity index (χ0v) is 14.9. The molecule has 0 atom stereocenters. The molecule has 0 aliphatic carbocycles. The van der Waals surface area contributed by atoms with Gasteiger partial charge in [-0.2, -0.15) is 0 Å². The number of aryl methyl sites for hydroxylation is 1. The minimum absolute atomic E-state index is 0.0502. The van der Waals surface area contributed by atoms with Gasteiger partial charge in [0.05, 0.1) is 25.5 Å². The van der Waals surface area contributed by atoms with Gasteiger partial charge in [-0.3, -0.25) is 0 Å². The summed E-state index contributed by atoms with van der Waals surface area (Å²) in [7, 11) is -2.96. The molecule has 0 saturated heterocycles. The first-order valence-corrected chi connectivity index (χ1v) is 9.80. The third kappa shape index (κ3) is 9.91. The number of nitrogens with zero attached hydrogens (tertiary/aromatic N) is 1. The van der Waals surface area contributed by atoms with Crippen LogP contribution in [0.2, 0.25) is 0 Å². The highest BCUT2D eigenvalue weighted by Crippen LogP contribution is 2.04. The number of nitrogens with one attached hydrogen (secondary N) is 2. The Labute approximate surface area is 139 Å². The first-order chi connectivity index (χ1) is 10.9. The summed E-state index contributed by atoms with van der Waals surface area (Å²) in [4.78, 5) is 4.51. The lowest BCUT2D eigenvalue weighted by Gasteiger charge is -2.11. The first kappa shape index (κ1) is 19.4. The van der Waals surface area contributed by atoms with E-state index in [1.807, 2.05) is 6.92 Å². The maximum Gasteiger partial charge on any atom is 0.191 e. The summed E-state index contributed by atoms with van der Waals surface area (Å²) in [5.41, 5.74) is 2.38. The molecule has 0 saturated carbocycles. The highest BCUT2D eigenvalue weighted by atomic mass is 32.2. The molecule has 1 rings (SSSR count). The van der Waals surface area contributed by atoms with E-state index in [1.165, 1.54) is 11.8 Å². The Morgan fingerprint density at radius 1 is 1.17 bits per heavy atom. The number of benzene rings is 1. The van der Waals surface area contributed by atoms with Gasteiger partial charge >= 0.3 is 0 Å². The molecule has 0 unspecified atom stereocenters. The molecular weight excluding hydrogens is 314 g/mol. The Hall–Kier alpha value is -1.60. The molecule has 0 aliphatic rings. The summed E-state index contributed by atoms with van der Waals surface area (Å²) in [5, 5.41) is 6.33. The van der Waals surface area contributed by atoms with Gasteiger partial charge in [-0.25, -0.2) is 13.4 Å². The van der Waals surface area contributed by atoms with Gasteiger partial charge in [0.2, 0.25) is 0 Å². The van der Waals surface area contributed by atoms with Gasteiger partial charge in [0.25, 0.3) is 0 Å². The summed E-state index contributed by atoms with van der Waals surface area (Å²) in [5.74, 6) is 0.772. The number of ether oxygens (including phenoxy) is 1. The maximum atomic E-state index is 11.0. The van der Waals surface area contributed by atoms with Crippen LogP contribution < -0.4 is 10.6 Å². The average molecular weight is 341 g/mol. The minimum Gasteiger partial charge on any atom is -0.379 e. The van der Waals surface area contributed by atoms with Crippen molar-refractivity contribution < 1.29 is 13.2 Å². The van der Waals surface area contributed by atoms with Crippen molar-refractivity contribution in [1.29, 1.82) is 0 Å². The predicted molar refractivity (Wildman–Crippen MR) is 94.5 cm³/mol. The molecule has 0 radical (unpaired) electrons. The van der Waals surface area contributed by atoms with Crippen LogP contribution in [0.25, 0.3) is 0 Å². The van der Waals surface area contributed by atoms with E-state index in [0.717, 1.165) is 18.1 Å². The third-order valence-electron chi connectivity index (χ3n) is 3.02. The zero-order chi connectivity index (χ0) is 17.1. The van der Waals surface area contributed by atoms with E-state index >= 15 is 0 Å². The molecule has 0 heterocycles. The molecular formula is C16H27N3O3S. The second-order valence-corrected chi connectivity index (χ2v) is 7.61. The molecule has 0 bridgehead atoms. The van der Waals surface area contributed by atoms with Crippen LogP contribution in [0.3, 0.4) is 0 Å². The monoisotopic (exact) mass is 341 g/mol. The Morgan fingerprint density at radius 2 is 1.87 bits per heavy atom.